The van der Waals surface area contributed by atoms with Crippen LogP contribution in [0.4, 0.5) is 5.13 Å². The smallest absolute Gasteiger partial charge is 0.202 e. The summed E-state index contributed by atoms with van der Waals surface area (Å²) < 4.78 is 25.9. The topological polar surface area (TPSA) is 72.0 Å². The molecule has 74 valence electrons. The predicted molar refractivity (Wildman–Crippen MR) is 52.7 cm³/mol. The fraction of sp³-hybridized carbons (Fsp3) is 0.667. The van der Waals surface area contributed by atoms with E-state index in [0.29, 0.717) is 11.7 Å². The molecule has 0 aliphatic carbocycles. The summed E-state index contributed by atoms with van der Waals surface area (Å²) in [7, 11) is -2.88. The van der Waals surface area contributed by atoms with Crippen LogP contribution in [0, 0.1) is 0 Å². The Labute approximate surface area is 81.3 Å². The molecule has 0 aliphatic rings. The maximum absolute atomic E-state index is 11.1. The van der Waals surface area contributed by atoms with Crippen LogP contribution in [-0.2, 0) is 9.84 Å². The van der Waals surface area contributed by atoms with Crippen LogP contribution in [0.5, 0.6) is 0 Å². The van der Waals surface area contributed by atoms with E-state index in [9.17, 15) is 8.42 Å². The molecule has 1 N–H and O–H groups in total. The van der Waals surface area contributed by atoms with Gasteiger partial charge in [-0.25, -0.2) is 13.4 Å². The third kappa shape index (κ3) is 3.69. The number of aromatic nitrogens is 2. The van der Waals surface area contributed by atoms with Crippen LogP contribution in [0.2, 0.25) is 0 Å². The van der Waals surface area contributed by atoms with Gasteiger partial charge < -0.3 is 5.32 Å². The highest BCUT2D eigenvalue weighted by Gasteiger charge is 2.06. The Morgan fingerprint density at radius 1 is 1.62 bits per heavy atom. The molecular formula is C6H11N3O2S2. The first-order chi connectivity index (χ1) is 6.14. The van der Waals surface area contributed by atoms with E-state index in [1.807, 2.05) is 0 Å². The van der Waals surface area contributed by atoms with Crippen LogP contribution in [0.3, 0.4) is 0 Å². The van der Waals surface area contributed by atoms with E-state index in [2.05, 4.69) is 14.7 Å². The van der Waals surface area contributed by atoms with Gasteiger partial charge in [-0.3, -0.25) is 0 Å². The van der Waals surface area contributed by atoms with E-state index in [4.69, 9.17) is 0 Å². The van der Waals surface area contributed by atoms with Gasteiger partial charge in [-0.1, -0.05) is 6.92 Å². The SMILES string of the molecule is CCS(=O)(=O)CCNc1ncns1. The molecule has 1 rings (SSSR count). The van der Waals surface area contributed by atoms with Gasteiger partial charge in [0.05, 0.1) is 5.75 Å². The van der Waals surface area contributed by atoms with Crippen molar-refractivity contribution in [2.24, 2.45) is 0 Å². The Bertz CT molecular complexity index is 333. The van der Waals surface area contributed by atoms with Crippen LogP contribution in [0.25, 0.3) is 0 Å². The number of nitrogens with one attached hydrogen (secondary N) is 1. The Balaban J connectivity index is 2.30. The Hall–Kier alpha value is -0.690. The zero-order chi connectivity index (χ0) is 9.73. The van der Waals surface area contributed by atoms with Crippen LogP contribution >= 0.6 is 11.5 Å². The van der Waals surface area contributed by atoms with Gasteiger partial charge in [-0.2, -0.15) is 4.37 Å². The molecule has 0 aromatic carbocycles. The summed E-state index contributed by atoms with van der Waals surface area (Å²) in [4.78, 5) is 3.86. The van der Waals surface area contributed by atoms with Crippen LogP contribution in [0.1, 0.15) is 6.92 Å². The van der Waals surface area contributed by atoms with Crippen molar-refractivity contribution in [2.45, 2.75) is 6.92 Å². The summed E-state index contributed by atoms with van der Waals surface area (Å²) >= 11 is 1.21. The van der Waals surface area contributed by atoms with E-state index < -0.39 is 9.84 Å². The van der Waals surface area contributed by atoms with Crippen molar-refractivity contribution in [3.05, 3.63) is 6.33 Å². The molecule has 0 saturated carbocycles. The predicted octanol–water partition coefficient (Wildman–Crippen LogP) is 0.385. The molecule has 1 heterocycles. The second-order valence-corrected chi connectivity index (χ2v) is 5.66. The summed E-state index contributed by atoms with van der Waals surface area (Å²) in [5.74, 6) is 0.327. The molecule has 5 nitrogen and oxygen atoms in total. The second kappa shape index (κ2) is 4.52. The number of hydrogen-bond acceptors (Lipinski definition) is 6. The Morgan fingerprint density at radius 3 is 2.92 bits per heavy atom. The van der Waals surface area contributed by atoms with E-state index in [1.54, 1.807) is 6.92 Å². The van der Waals surface area contributed by atoms with Crippen molar-refractivity contribution < 1.29 is 8.42 Å². The van der Waals surface area contributed by atoms with Crippen molar-refractivity contribution in [3.63, 3.8) is 0 Å². The molecule has 0 fully saturated rings. The van der Waals surface area contributed by atoms with E-state index >= 15 is 0 Å². The summed E-state index contributed by atoms with van der Waals surface area (Å²) in [5.41, 5.74) is 0. The molecule has 0 bridgehead atoms. The monoisotopic (exact) mass is 221 g/mol. The first-order valence-corrected chi connectivity index (χ1v) is 6.44. The summed E-state index contributed by atoms with van der Waals surface area (Å²) in [5, 5.41) is 3.54. The third-order valence-electron chi connectivity index (χ3n) is 1.49. The number of rotatable bonds is 5. The Morgan fingerprint density at radius 2 is 2.38 bits per heavy atom. The molecule has 0 unspecified atom stereocenters. The first kappa shape index (κ1) is 10.4. The van der Waals surface area contributed by atoms with E-state index in [0.717, 1.165) is 0 Å². The molecule has 1 aromatic rings. The van der Waals surface area contributed by atoms with Crippen LogP contribution in [0.15, 0.2) is 6.33 Å². The maximum atomic E-state index is 11.1. The second-order valence-electron chi connectivity index (χ2n) is 2.41. The van der Waals surface area contributed by atoms with Crippen molar-refractivity contribution in [3.8, 4) is 0 Å². The van der Waals surface area contributed by atoms with Crippen molar-refractivity contribution in [2.75, 3.05) is 23.4 Å². The summed E-state index contributed by atoms with van der Waals surface area (Å²) in [6.45, 7) is 2.03. The van der Waals surface area contributed by atoms with E-state index in [1.165, 1.54) is 17.9 Å². The molecular weight excluding hydrogens is 210 g/mol. The minimum Gasteiger partial charge on any atom is -0.359 e. The lowest BCUT2D eigenvalue weighted by molar-refractivity contribution is 0.597. The van der Waals surface area contributed by atoms with Gasteiger partial charge in [0.1, 0.15) is 6.33 Å². The quantitative estimate of drug-likeness (QED) is 0.778. The lowest BCUT2D eigenvalue weighted by Crippen LogP contribution is -2.16. The van der Waals surface area contributed by atoms with Gasteiger partial charge >= 0.3 is 0 Å². The third-order valence-corrected chi connectivity index (χ3v) is 3.82. The van der Waals surface area contributed by atoms with E-state index in [-0.39, 0.29) is 11.5 Å². The molecule has 0 amide bonds. The highest BCUT2D eigenvalue weighted by Crippen LogP contribution is 2.05. The van der Waals surface area contributed by atoms with Gasteiger partial charge in [0, 0.05) is 23.8 Å². The minimum absolute atomic E-state index is 0.142. The normalized spacial score (nSPS) is 11.5. The molecule has 1 aromatic heterocycles. The van der Waals surface area contributed by atoms with Gasteiger partial charge in [-0.15, -0.1) is 0 Å². The molecule has 7 heteroatoms. The van der Waals surface area contributed by atoms with Crippen LogP contribution < -0.4 is 5.32 Å². The summed E-state index contributed by atoms with van der Waals surface area (Å²) in [6, 6.07) is 0. The number of nitrogens with zero attached hydrogens (tertiary/aromatic N) is 2. The largest absolute Gasteiger partial charge is 0.359 e. The fourth-order valence-corrected chi connectivity index (χ4v) is 1.87. The first-order valence-electron chi connectivity index (χ1n) is 3.85. The molecule has 0 spiro atoms. The van der Waals surface area contributed by atoms with Gasteiger partial charge in [0.15, 0.2) is 9.84 Å². The zero-order valence-corrected chi connectivity index (χ0v) is 8.86. The molecule has 0 radical (unpaired) electrons. The number of sulfone groups is 1. The molecule has 13 heavy (non-hydrogen) atoms. The highest BCUT2D eigenvalue weighted by atomic mass is 32.2. The van der Waals surface area contributed by atoms with Gasteiger partial charge in [0.2, 0.25) is 5.13 Å². The fourth-order valence-electron chi connectivity index (χ4n) is 0.709. The average Bonchev–Trinajstić information content (AvgIpc) is 2.57. The number of hydrogen-bond donors (Lipinski definition) is 1. The standard InChI is InChI=1S/C6H11N3O2S2/c1-2-13(10,11)4-3-7-6-8-5-9-12-6/h5H,2-4H2,1H3,(H,7,8,9). The maximum Gasteiger partial charge on any atom is 0.202 e. The Kier molecular flexibility index (Phi) is 3.61. The summed E-state index contributed by atoms with van der Waals surface area (Å²) in [6.07, 6.45) is 1.43. The number of anilines is 1. The molecule has 0 aliphatic heterocycles. The molecule has 0 atom stereocenters. The molecule has 0 saturated heterocycles. The minimum atomic E-state index is -2.88. The lowest BCUT2D eigenvalue weighted by Gasteiger charge is -2.01. The van der Waals surface area contributed by atoms with Crippen molar-refractivity contribution >= 4 is 26.5 Å². The zero-order valence-electron chi connectivity index (χ0n) is 7.23. The lowest BCUT2D eigenvalue weighted by atomic mass is 10.7. The van der Waals surface area contributed by atoms with Gasteiger partial charge in [-0.05, 0) is 0 Å². The average molecular weight is 221 g/mol. The van der Waals surface area contributed by atoms with Gasteiger partial charge in [0.25, 0.3) is 0 Å². The van der Waals surface area contributed by atoms with Crippen molar-refractivity contribution in [1.29, 1.82) is 0 Å². The van der Waals surface area contributed by atoms with Crippen LogP contribution in [-0.4, -0.2) is 35.8 Å². The van der Waals surface area contributed by atoms with Crippen molar-refractivity contribution in [1.82, 2.24) is 9.36 Å². The highest BCUT2D eigenvalue weighted by molar-refractivity contribution is 7.91.